The molecule has 0 aliphatic carbocycles. The van der Waals surface area contributed by atoms with Crippen LogP contribution in [0.25, 0.3) is 0 Å². The van der Waals surface area contributed by atoms with Crippen LogP contribution in [0.15, 0.2) is 47.1 Å². The molecular formula is C13H12ClNO2. The lowest BCUT2D eigenvalue weighted by Gasteiger charge is -2.15. The lowest BCUT2D eigenvalue weighted by Crippen LogP contribution is -2.25. The molecule has 0 radical (unpaired) electrons. The number of hydrogen-bond acceptors (Lipinski definition) is 2. The van der Waals surface area contributed by atoms with E-state index in [-0.39, 0.29) is 5.91 Å². The highest BCUT2D eigenvalue weighted by molar-refractivity contribution is 6.30. The zero-order valence-corrected chi connectivity index (χ0v) is 10.1. The average molecular weight is 250 g/mol. The second-order valence-corrected chi connectivity index (χ2v) is 4.20. The fourth-order valence-corrected chi connectivity index (χ4v) is 1.65. The summed E-state index contributed by atoms with van der Waals surface area (Å²) in [6, 6.07) is 10.8. The molecule has 0 unspecified atom stereocenters. The van der Waals surface area contributed by atoms with E-state index < -0.39 is 0 Å². The number of hydrogen-bond donors (Lipinski definition) is 0. The van der Waals surface area contributed by atoms with E-state index in [4.69, 9.17) is 16.0 Å². The number of rotatable bonds is 3. The molecule has 2 aromatic rings. The smallest absolute Gasteiger partial charge is 0.289 e. The van der Waals surface area contributed by atoms with Crippen LogP contribution in [0.5, 0.6) is 0 Å². The number of halogens is 1. The number of furan rings is 1. The largest absolute Gasteiger partial charge is 0.459 e. The first kappa shape index (κ1) is 11.7. The maximum atomic E-state index is 11.9. The molecule has 0 saturated carbocycles. The molecule has 88 valence electrons. The molecule has 0 atom stereocenters. The molecule has 0 saturated heterocycles. The minimum absolute atomic E-state index is 0.134. The molecule has 3 nitrogen and oxygen atoms in total. The maximum absolute atomic E-state index is 11.9. The Morgan fingerprint density at radius 3 is 2.59 bits per heavy atom. The summed E-state index contributed by atoms with van der Waals surface area (Å²) in [6.07, 6.45) is 1.49. The van der Waals surface area contributed by atoms with Gasteiger partial charge in [0, 0.05) is 18.6 Å². The van der Waals surface area contributed by atoms with E-state index in [0.29, 0.717) is 17.3 Å². The minimum Gasteiger partial charge on any atom is -0.459 e. The zero-order valence-electron chi connectivity index (χ0n) is 9.39. The van der Waals surface area contributed by atoms with E-state index >= 15 is 0 Å². The van der Waals surface area contributed by atoms with Crippen molar-refractivity contribution in [2.24, 2.45) is 0 Å². The van der Waals surface area contributed by atoms with E-state index in [0.717, 1.165) is 5.56 Å². The van der Waals surface area contributed by atoms with Crippen molar-refractivity contribution in [3.05, 3.63) is 59.0 Å². The van der Waals surface area contributed by atoms with Crippen molar-refractivity contribution in [1.29, 1.82) is 0 Å². The first-order valence-electron chi connectivity index (χ1n) is 5.20. The second kappa shape index (κ2) is 5.06. The summed E-state index contributed by atoms with van der Waals surface area (Å²) >= 11 is 5.80. The first-order chi connectivity index (χ1) is 8.16. The molecule has 1 aromatic heterocycles. The lowest BCUT2D eigenvalue weighted by atomic mass is 10.2. The topological polar surface area (TPSA) is 33.5 Å². The highest BCUT2D eigenvalue weighted by atomic mass is 35.5. The van der Waals surface area contributed by atoms with Crippen molar-refractivity contribution in [2.75, 3.05) is 7.05 Å². The van der Waals surface area contributed by atoms with Crippen LogP contribution in [0.3, 0.4) is 0 Å². The number of carbonyl (C=O) groups is 1. The van der Waals surface area contributed by atoms with Crippen LogP contribution < -0.4 is 0 Å². The van der Waals surface area contributed by atoms with Crippen molar-refractivity contribution in [2.45, 2.75) is 6.54 Å². The Labute approximate surface area is 105 Å². The molecule has 0 spiro atoms. The Balaban J connectivity index is 2.04. The van der Waals surface area contributed by atoms with Crippen molar-refractivity contribution in [1.82, 2.24) is 4.90 Å². The molecule has 0 fully saturated rings. The van der Waals surface area contributed by atoms with Gasteiger partial charge >= 0.3 is 0 Å². The molecule has 1 amide bonds. The van der Waals surface area contributed by atoms with Crippen molar-refractivity contribution in [3.8, 4) is 0 Å². The van der Waals surface area contributed by atoms with Crippen molar-refractivity contribution < 1.29 is 9.21 Å². The third-order valence-electron chi connectivity index (χ3n) is 2.41. The van der Waals surface area contributed by atoms with Crippen LogP contribution in [0.2, 0.25) is 5.02 Å². The third kappa shape index (κ3) is 2.88. The van der Waals surface area contributed by atoms with Gasteiger partial charge in [0.05, 0.1) is 6.26 Å². The van der Waals surface area contributed by atoms with E-state index in [1.165, 1.54) is 6.26 Å². The van der Waals surface area contributed by atoms with Gasteiger partial charge in [0.25, 0.3) is 5.91 Å². The Hall–Kier alpha value is -1.74. The number of amides is 1. The monoisotopic (exact) mass is 249 g/mol. The number of nitrogens with zero attached hydrogens (tertiary/aromatic N) is 1. The standard InChI is InChI=1S/C13H12ClNO2/c1-15(13(16)12-3-2-8-17-12)9-10-4-6-11(14)7-5-10/h2-8H,9H2,1H3. The van der Waals surface area contributed by atoms with Crippen LogP contribution >= 0.6 is 11.6 Å². The minimum atomic E-state index is -0.134. The lowest BCUT2D eigenvalue weighted by molar-refractivity contribution is 0.0753. The van der Waals surface area contributed by atoms with Crippen molar-refractivity contribution in [3.63, 3.8) is 0 Å². The summed E-state index contributed by atoms with van der Waals surface area (Å²) in [7, 11) is 1.74. The SMILES string of the molecule is CN(Cc1ccc(Cl)cc1)C(=O)c1ccco1. The Morgan fingerprint density at radius 2 is 2.00 bits per heavy atom. The van der Waals surface area contributed by atoms with Crippen LogP contribution in [0, 0.1) is 0 Å². The van der Waals surface area contributed by atoms with Gasteiger partial charge < -0.3 is 9.32 Å². The van der Waals surface area contributed by atoms with Gasteiger partial charge in [0.2, 0.25) is 0 Å². The van der Waals surface area contributed by atoms with Gasteiger partial charge in [-0.25, -0.2) is 0 Å². The van der Waals surface area contributed by atoms with Gasteiger partial charge in [0.1, 0.15) is 0 Å². The third-order valence-corrected chi connectivity index (χ3v) is 2.66. The summed E-state index contributed by atoms with van der Waals surface area (Å²) in [5, 5.41) is 0.689. The predicted molar refractivity (Wildman–Crippen MR) is 66.0 cm³/mol. The second-order valence-electron chi connectivity index (χ2n) is 3.76. The van der Waals surface area contributed by atoms with Crippen molar-refractivity contribution >= 4 is 17.5 Å². The van der Waals surface area contributed by atoms with Gasteiger partial charge in [-0.3, -0.25) is 4.79 Å². The van der Waals surface area contributed by atoms with Gasteiger partial charge in [-0.15, -0.1) is 0 Å². The van der Waals surface area contributed by atoms with Gasteiger partial charge in [-0.2, -0.15) is 0 Å². The van der Waals surface area contributed by atoms with Gasteiger partial charge in [-0.05, 0) is 29.8 Å². The Kier molecular flexibility index (Phi) is 3.49. The van der Waals surface area contributed by atoms with E-state index in [2.05, 4.69) is 0 Å². The summed E-state index contributed by atoms with van der Waals surface area (Å²) in [5.74, 6) is 0.214. The van der Waals surface area contributed by atoms with Crippen LogP contribution in [0.1, 0.15) is 16.1 Å². The summed E-state index contributed by atoms with van der Waals surface area (Å²) in [6.45, 7) is 0.525. The molecule has 0 bridgehead atoms. The molecular weight excluding hydrogens is 238 g/mol. The predicted octanol–water partition coefficient (Wildman–Crippen LogP) is 3.21. The number of carbonyl (C=O) groups excluding carboxylic acids is 1. The fourth-order valence-electron chi connectivity index (χ4n) is 1.52. The van der Waals surface area contributed by atoms with E-state index in [1.54, 1.807) is 24.1 Å². The quantitative estimate of drug-likeness (QED) is 0.837. The van der Waals surface area contributed by atoms with Gasteiger partial charge in [-0.1, -0.05) is 23.7 Å². The highest BCUT2D eigenvalue weighted by Gasteiger charge is 2.14. The maximum Gasteiger partial charge on any atom is 0.289 e. The number of benzene rings is 1. The van der Waals surface area contributed by atoms with Crippen LogP contribution in [-0.2, 0) is 6.54 Å². The molecule has 2 rings (SSSR count). The molecule has 4 heteroatoms. The van der Waals surface area contributed by atoms with E-state index in [1.807, 2.05) is 24.3 Å². The first-order valence-corrected chi connectivity index (χ1v) is 5.58. The highest BCUT2D eigenvalue weighted by Crippen LogP contribution is 2.12. The summed E-state index contributed by atoms with van der Waals surface area (Å²) < 4.78 is 5.06. The molecule has 17 heavy (non-hydrogen) atoms. The molecule has 0 N–H and O–H groups in total. The average Bonchev–Trinajstić information content (AvgIpc) is 2.84. The molecule has 0 aliphatic rings. The molecule has 1 heterocycles. The molecule has 1 aromatic carbocycles. The fraction of sp³-hybridized carbons (Fsp3) is 0.154. The zero-order chi connectivity index (χ0) is 12.3. The Morgan fingerprint density at radius 1 is 1.29 bits per heavy atom. The Bertz CT molecular complexity index is 491. The van der Waals surface area contributed by atoms with Crippen LogP contribution in [-0.4, -0.2) is 17.9 Å². The van der Waals surface area contributed by atoms with Crippen LogP contribution in [0.4, 0.5) is 0 Å². The normalized spacial score (nSPS) is 10.2. The van der Waals surface area contributed by atoms with Gasteiger partial charge in [0.15, 0.2) is 5.76 Å². The summed E-state index contributed by atoms with van der Waals surface area (Å²) in [5.41, 5.74) is 1.02. The summed E-state index contributed by atoms with van der Waals surface area (Å²) in [4.78, 5) is 13.5. The van der Waals surface area contributed by atoms with E-state index in [9.17, 15) is 4.79 Å². The molecule has 0 aliphatic heterocycles.